The minimum absolute atomic E-state index is 0.0846. The van der Waals surface area contributed by atoms with Gasteiger partial charge < -0.3 is 10.5 Å². The molecule has 0 radical (unpaired) electrons. The second kappa shape index (κ2) is 5.21. The molecule has 0 aliphatic carbocycles. The van der Waals surface area contributed by atoms with Crippen LogP contribution in [-0.2, 0) is 4.74 Å². The topological polar surface area (TPSA) is 70.1 Å². The third-order valence-corrected chi connectivity index (χ3v) is 2.74. The fraction of sp³-hybridized carbons (Fsp3) is 0.600. The molecule has 1 heterocycles. The van der Waals surface area contributed by atoms with Gasteiger partial charge in [-0.2, -0.15) is 5.10 Å². The first-order valence-corrected chi connectivity index (χ1v) is 5.61. The molecule has 0 aliphatic heterocycles. The molecule has 0 aliphatic rings. The molecule has 16 heavy (non-hydrogen) atoms. The van der Waals surface area contributed by atoms with E-state index in [1.165, 1.54) is 0 Å². The van der Waals surface area contributed by atoms with Crippen LogP contribution in [0, 0.1) is 0 Å². The maximum absolute atomic E-state index is 11.5. The second-order valence-corrected chi connectivity index (χ2v) is 3.85. The van der Waals surface area contributed by atoms with E-state index in [4.69, 9.17) is 22.1 Å². The van der Waals surface area contributed by atoms with E-state index in [-0.39, 0.29) is 23.4 Å². The number of esters is 1. The number of hydrogen-bond acceptors (Lipinski definition) is 4. The molecule has 6 heteroatoms. The van der Waals surface area contributed by atoms with E-state index < -0.39 is 5.97 Å². The van der Waals surface area contributed by atoms with E-state index in [2.05, 4.69) is 5.10 Å². The van der Waals surface area contributed by atoms with Crippen LogP contribution in [0.15, 0.2) is 0 Å². The van der Waals surface area contributed by atoms with Crippen LogP contribution in [0.4, 0.5) is 5.82 Å². The van der Waals surface area contributed by atoms with Gasteiger partial charge in [-0.25, -0.2) is 9.48 Å². The highest BCUT2D eigenvalue weighted by molar-refractivity contribution is 6.35. The summed E-state index contributed by atoms with van der Waals surface area (Å²) >= 11 is 5.94. The number of ether oxygens (including phenoxy) is 1. The standard InChI is InChI=1S/C10H16ClN3O2/c1-4-6(3)14-9(12)7(11)8(13-14)10(15)16-5-2/h6H,4-5,12H2,1-3H3/t6-/m1/s1. The lowest BCUT2D eigenvalue weighted by atomic mass is 10.3. The second-order valence-electron chi connectivity index (χ2n) is 3.47. The van der Waals surface area contributed by atoms with Gasteiger partial charge in [0, 0.05) is 0 Å². The molecule has 1 aromatic heterocycles. The lowest BCUT2D eigenvalue weighted by Crippen LogP contribution is -2.11. The molecular formula is C10H16ClN3O2. The van der Waals surface area contributed by atoms with E-state index >= 15 is 0 Å². The van der Waals surface area contributed by atoms with Crippen molar-refractivity contribution in [3.8, 4) is 0 Å². The highest BCUT2D eigenvalue weighted by Gasteiger charge is 2.22. The first-order chi connectivity index (χ1) is 7.52. The summed E-state index contributed by atoms with van der Waals surface area (Å²) in [5.41, 5.74) is 5.86. The normalized spacial score (nSPS) is 12.5. The van der Waals surface area contributed by atoms with Gasteiger partial charge in [0.05, 0.1) is 12.6 Å². The molecule has 90 valence electrons. The molecule has 0 bridgehead atoms. The van der Waals surface area contributed by atoms with E-state index in [0.29, 0.717) is 5.82 Å². The van der Waals surface area contributed by atoms with Crippen molar-refractivity contribution >= 4 is 23.4 Å². The van der Waals surface area contributed by atoms with Gasteiger partial charge in [0.25, 0.3) is 0 Å². The third kappa shape index (κ3) is 2.29. The molecule has 0 amide bonds. The number of carbonyl (C=O) groups excluding carboxylic acids is 1. The van der Waals surface area contributed by atoms with Crippen molar-refractivity contribution in [2.45, 2.75) is 33.2 Å². The summed E-state index contributed by atoms with van der Waals surface area (Å²) in [5.74, 6) is -0.236. The largest absolute Gasteiger partial charge is 0.461 e. The number of anilines is 1. The number of hydrogen-bond donors (Lipinski definition) is 1. The van der Waals surface area contributed by atoms with Crippen LogP contribution in [0.5, 0.6) is 0 Å². The van der Waals surface area contributed by atoms with Crippen LogP contribution >= 0.6 is 11.6 Å². The minimum Gasteiger partial charge on any atom is -0.461 e. The molecule has 0 saturated carbocycles. The Bertz CT molecular complexity index is 390. The average Bonchev–Trinajstić information content (AvgIpc) is 2.56. The van der Waals surface area contributed by atoms with Crippen LogP contribution in [0.3, 0.4) is 0 Å². The molecule has 1 rings (SSSR count). The molecular weight excluding hydrogens is 230 g/mol. The maximum Gasteiger partial charge on any atom is 0.360 e. The average molecular weight is 246 g/mol. The van der Waals surface area contributed by atoms with Crippen LogP contribution in [0.2, 0.25) is 5.02 Å². The lowest BCUT2D eigenvalue weighted by Gasteiger charge is -2.10. The molecule has 2 N–H and O–H groups in total. The van der Waals surface area contributed by atoms with Crippen molar-refractivity contribution in [1.82, 2.24) is 9.78 Å². The zero-order chi connectivity index (χ0) is 12.3. The highest BCUT2D eigenvalue weighted by atomic mass is 35.5. The quantitative estimate of drug-likeness (QED) is 0.826. The Morgan fingerprint density at radius 3 is 2.75 bits per heavy atom. The third-order valence-electron chi connectivity index (χ3n) is 2.36. The van der Waals surface area contributed by atoms with Gasteiger partial charge in [0.2, 0.25) is 0 Å². The number of aromatic nitrogens is 2. The van der Waals surface area contributed by atoms with Gasteiger partial charge in [0.1, 0.15) is 10.8 Å². The van der Waals surface area contributed by atoms with Crippen molar-refractivity contribution in [2.75, 3.05) is 12.3 Å². The first kappa shape index (κ1) is 12.8. The number of halogens is 1. The summed E-state index contributed by atoms with van der Waals surface area (Å²) in [6, 6.07) is 0.0978. The fourth-order valence-corrected chi connectivity index (χ4v) is 1.47. The van der Waals surface area contributed by atoms with Gasteiger partial charge >= 0.3 is 5.97 Å². The number of nitrogens with two attached hydrogens (primary N) is 1. The van der Waals surface area contributed by atoms with E-state index in [0.717, 1.165) is 6.42 Å². The monoisotopic (exact) mass is 245 g/mol. The van der Waals surface area contributed by atoms with Crippen molar-refractivity contribution in [1.29, 1.82) is 0 Å². The van der Waals surface area contributed by atoms with Gasteiger partial charge in [-0.15, -0.1) is 0 Å². The van der Waals surface area contributed by atoms with Crippen molar-refractivity contribution < 1.29 is 9.53 Å². The predicted octanol–water partition coefficient (Wildman–Crippen LogP) is 2.27. The summed E-state index contributed by atoms with van der Waals surface area (Å²) in [5, 5.41) is 4.25. The van der Waals surface area contributed by atoms with Gasteiger partial charge in [0.15, 0.2) is 5.69 Å². The van der Waals surface area contributed by atoms with Crippen molar-refractivity contribution in [3.05, 3.63) is 10.7 Å². The number of carbonyl (C=O) groups is 1. The Morgan fingerprint density at radius 2 is 2.25 bits per heavy atom. The summed E-state index contributed by atoms with van der Waals surface area (Å²) in [6.07, 6.45) is 0.852. The zero-order valence-electron chi connectivity index (χ0n) is 9.66. The molecule has 1 aromatic rings. The maximum atomic E-state index is 11.5. The molecule has 0 spiro atoms. The smallest absolute Gasteiger partial charge is 0.360 e. The fourth-order valence-electron chi connectivity index (χ4n) is 1.27. The molecule has 0 unspecified atom stereocenters. The summed E-state index contributed by atoms with van der Waals surface area (Å²) < 4.78 is 6.39. The first-order valence-electron chi connectivity index (χ1n) is 5.23. The van der Waals surface area contributed by atoms with Gasteiger partial charge in [-0.05, 0) is 20.3 Å². The lowest BCUT2D eigenvalue weighted by molar-refractivity contribution is 0.0518. The Morgan fingerprint density at radius 1 is 1.62 bits per heavy atom. The zero-order valence-corrected chi connectivity index (χ0v) is 10.4. The minimum atomic E-state index is -0.541. The van der Waals surface area contributed by atoms with Crippen LogP contribution in [0.1, 0.15) is 43.7 Å². The Kier molecular flexibility index (Phi) is 4.18. The number of rotatable bonds is 4. The number of nitrogens with zero attached hydrogens (tertiary/aromatic N) is 2. The summed E-state index contributed by atoms with van der Waals surface area (Å²) in [6.45, 7) is 5.96. The van der Waals surface area contributed by atoms with Crippen LogP contribution < -0.4 is 5.73 Å². The van der Waals surface area contributed by atoms with Gasteiger partial charge in [-0.1, -0.05) is 18.5 Å². The highest BCUT2D eigenvalue weighted by Crippen LogP contribution is 2.27. The molecule has 0 aromatic carbocycles. The molecule has 0 fully saturated rings. The van der Waals surface area contributed by atoms with E-state index in [1.54, 1.807) is 11.6 Å². The van der Waals surface area contributed by atoms with Crippen LogP contribution in [-0.4, -0.2) is 22.4 Å². The SMILES string of the molecule is CCOC(=O)c1nn([C@H](C)CC)c(N)c1Cl. The van der Waals surface area contributed by atoms with E-state index in [1.807, 2.05) is 13.8 Å². The Labute approximate surface area is 99.5 Å². The van der Waals surface area contributed by atoms with Gasteiger partial charge in [-0.3, -0.25) is 0 Å². The molecule has 0 saturated heterocycles. The van der Waals surface area contributed by atoms with Crippen molar-refractivity contribution in [3.63, 3.8) is 0 Å². The summed E-state index contributed by atoms with van der Waals surface area (Å²) in [4.78, 5) is 11.5. The van der Waals surface area contributed by atoms with Crippen molar-refractivity contribution in [2.24, 2.45) is 0 Å². The predicted molar refractivity (Wildman–Crippen MR) is 62.6 cm³/mol. The molecule has 1 atom stereocenters. The van der Waals surface area contributed by atoms with Crippen LogP contribution in [0.25, 0.3) is 0 Å². The summed E-state index contributed by atoms with van der Waals surface area (Å²) in [7, 11) is 0. The molecule has 5 nitrogen and oxygen atoms in total. The Balaban J connectivity index is 3.09. The number of nitrogen functional groups attached to an aromatic ring is 1. The Hall–Kier alpha value is -1.23. The van der Waals surface area contributed by atoms with E-state index in [9.17, 15) is 4.79 Å².